The summed E-state index contributed by atoms with van der Waals surface area (Å²) < 4.78 is 12.2. The first-order chi connectivity index (χ1) is 11.6. The number of pyridine rings is 1. The summed E-state index contributed by atoms with van der Waals surface area (Å²) >= 11 is 0. The van der Waals surface area contributed by atoms with Gasteiger partial charge in [-0.05, 0) is 56.6 Å². The molecule has 2 amide bonds. The Hall–Kier alpha value is -1.63. The van der Waals surface area contributed by atoms with Crippen molar-refractivity contribution in [2.24, 2.45) is 0 Å². The van der Waals surface area contributed by atoms with E-state index in [1.807, 2.05) is 6.07 Å². The van der Waals surface area contributed by atoms with Crippen LogP contribution in [-0.2, 0) is 23.6 Å². The van der Waals surface area contributed by atoms with Gasteiger partial charge < -0.3 is 15.2 Å². The highest BCUT2D eigenvalue weighted by molar-refractivity contribution is 7.86. The number of hydrogen-bond donors (Lipinski definition) is 2. The van der Waals surface area contributed by atoms with E-state index in [1.54, 1.807) is 4.90 Å². The summed E-state index contributed by atoms with van der Waals surface area (Å²) in [6.07, 6.45) is 6.80. The molecule has 7 heteroatoms. The number of nitrogens with one attached hydrogen (secondary N) is 2. The number of carbonyl (C=O) groups excluding carboxylic acids is 1. The number of fused-ring (bicyclic) bond motifs is 3. The number of carbonyl (C=O) groups is 1. The number of likely N-dealkylation sites (tertiary alicyclic amines) is 1. The first-order valence-electron chi connectivity index (χ1n) is 8.82. The highest BCUT2D eigenvalue weighted by Gasteiger charge is 2.38. The fourth-order valence-electron chi connectivity index (χ4n) is 4.08. The van der Waals surface area contributed by atoms with E-state index in [9.17, 15) is 13.8 Å². The van der Waals surface area contributed by atoms with E-state index in [1.165, 1.54) is 0 Å². The molecule has 2 bridgehead atoms. The molecule has 4 rings (SSSR count). The third-order valence-corrected chi connectivity index (χ3v) is 7.65. The van der Waals surface area contributed by atoms with Crippen molar-refractivity contribution in [2.45, 2.75) is 55.4 Å². The minimum atomic E-state index is -0.815. The lowest BCUT2D eigenvalue weighted by Gasteiger charge is -2.24. The Kier molecular flexibility index (Phi) is 4.20. The van der Waals surface area contributed by atoms with Gasteiger partial charge in [-0.2, -0.15) is 0 Å². The molecule has 0 spiro atoms. The molecule has 2 saturated heterocycles. The van der Waals surface area contributed by atoms with Crippen LogP contribution in [0.1, 0.15) is 43.4 Å². The Morgan fingerprint density at radius 2 is 2.00 bits per heavy atom. The summed E-state index contributed by atoms with van der Waals surface area (Å²) in [5.74, 6) is 0. The minimum absolute atomic E-state index is 0.0880. The van der Waals surface area contributed by atoms with E-state index in [0.717, 1.165) is 56.2 Å². The molecule has 0 radical (unpaired) electrons. The van der Waals surface area contributed by atoms with Gasteiger partial charge in [-0.3, -0.25) is 9.00 Å². The van der Waals surface area contributed by atoms with Crippen molar-refractivity contribution in [1.82, 2.24) is 9.88 Å². The maximum Gasteiger partial charge on any atom is 0.322 e. The third kappa shape index (κ3) is 2.90. The molecule has 2 fully saturated rings. The highest BCUT2D eigenvalue weighted by atomic mass is 32.2. The lowest BCUT2D eigenvalue weighted by Crippen LogP contribution is -2.41. The Bertz CT molecular complexity index is 745. The molecule has 3 aliphatic rings. The Morgan fingerprint density at radius 3 is 2.88 bits per heavy atom. The Morgan fingerprint density at radius 1 is 1.21 bits per heavy atom. The van der Waals surface area contributed by atoms with E-state index in [0.29, 0.717) is 18.8 Å². The molecule has 3 unspecified atom stereocenters. The van der Waals surface area contributed by atoms with Gasteiger partial charge in [-0.25, -0.2) is 4.79 Å². The number of urea groups is 1. The number of aryl methyl sites for hydroxylation is 2. The number of rotatable bonds is 1. The predicted octanol–water partition coefficient (Wildman–Crippen LogP) is 1.77. The van der Waals surface area contributed by atoms with Crippen molar-refractivity contribution in [3.05, 3.63) is 27.7 Å². The average molecular weight is 349 g/mol. The van der Waals surface area contributed by atoms with E-state index in [4.69, 9.17) is 0 Å². The third-order valence-electron chi connectivity index (χ3n) is 5.48. The van der Waals surface area contributed by atoms with Crippen LogP contribution in [0.25, 0.3) is 0 Å². The van der Waals surface area contributed by atoms with Crippen LogP contribution in [0.4, 0.5) is 10.5 Å². The predicted molar refractivity (Wildman–Crippen MR) is 93.9 cm³/mol. The molecule has 24 heavy (non-hydrogen) atoms. The van der Waals surface area contributed by atoms with Crippen LogP contribution < -0.4 is 10.9 Å². The van der Waals surface area contributed by atoms with Gasteiger partial charge in [0.05, 0.1) is 5.25 Å². The summed E-state index contributed by atoms with van der Waals surface area (Å²) in [5, 5.41) is 3.10. The van der Waals surface area contributed by atoms with Crippen LogP contribution in [0.3, 0.4) is 0 Å². The number of aromatic amines is 1. The van der Waals surface area contributed by atoms with Crippen molar-refractivity contribution < 1.29 is 9.00 Å². The topological polar surface area (TPSA) is 82.3 Å². The fraction of sp³-hybridized carbons (Fsp3) is 0.647. The van der Waals surface area contributed by atoms with Crippen molar-refractivity contribution in [3.8, 4) is 0 Å². The van der Waals surface area contributed by atoms with Gasteiger partial charge in [0, 0.05) is 34.8 Å². The number of hydrogen-bond acceptors (Lipinski definition) is 3. The summed E-state index contributed by atoms with van der Waals surface area (Å²) in [7, 11) is -0.815. The maximum absolute atomic E-state index is 12.6. The van der Waals surface area contributed by atoms with Crippen molar-refractivity contribution in [2.75, 3.05) is 18.4 Å². The zero-order valence-corrected chi connectivity index (χ0v) is 14.5. The van der Waals surface area contributed by atoms with Crippen LogP contribution in [-0.4, -0.2) is 43.7 Å². The fourth-order valence-corrected chi connectivity index (χ4v) is 6.03. The normalized spacial score (nSPS) is 29.0. The Balaban J connectivity index is 1.50. The van der Waals surface area contributed by atoms with Crippen molar-refractivity contribution in [3.63, 3.8) is 0 Å². The summed E-state index contributed by atoms with van der Waals surface area (Å²) in [6.45, 7) is 1.14. The van der Waals surface area contributed by atoms with Gasteiger partial charge in [-0.15, -0.1) is 0 Å². The molecule has 3 atom stereocenters. The van der Waals surface area contributed by atoms with Crippen molar-refractivity contribution in [1.29, 1.82) is 0 Å². The molecule has 130 valence electrons. The molecular weight excluding hydrogens is 326 g/mol. The summed E-state index contributed by atoms with van der Waals surface area (Å²) in [4.78, 5) is 29.4. The van der Waals surface area contributed by atoms with Crippen LogP contribution in [0.2, 0.25) is 0 Å². The average Bonchev–Trinajstić information content (AvgIpc) is 2.80. The van der Waals surface area contributed by atoms with Gasteiger partial charge in [0.15, 0.2) is 0 Å². The zero-order chi connectivity index (χ0) is 16.7. The molecule has 0 saturated carbocycles. The molecule has 1 aromatic rings. The second kappa shape index (κ2) is 6.35. The monoisotopic (exact) mass is 349 g/mol. The van der Waals surface area contributed by atoms with Gasteiger partial charge in [0.25, 0.3) is 5.56 Å². The number of nitrogens with zero attached hydrogens (tertiary/aromatic N) is 1. The molecule has 3 heterocycles. The molecule has 1 aliphatic carbocycles. The largest absolute Gasteiger partial charge is 0.324 e. The first-order valence-corrected chi connectivity index (χ1v) is 10.1. The molecular formula is C17H23N3O3S. The number of aromatic nitrogens is 1. The number of H-pyrrole nitrogens is 1. The van der Waals surface area contributed by atoms with E-state index < -0.39 is 10.8 Å². The smallest absolute Gasteiger partial charge is 0.322 e. The Labute approximate surface area is 143 Å². The van der Waals surface area contributed by atoms with Gasteiger partial charge >= 0.3 is 6.03 Å². The van der Waals surface area contributed by atoms with E-state index >= 15 is 0 Å². The standard InChI is InChI=1S/C17H23N3O3S/c21-16-15(9-11-3-1-2-4-14(11)18-16)19-17(22)20-8-7-12-5-6-13(10-20)24(12)23/h9,12-13H,1-8,10H2,(H,18,21)(H,19,22). The second-order valence-corrected chi connectivity index (χ2v) is 9.03. The highest BCUT2D eigenvalue weighted by Crippen LogP contribution is 2.30. The molecule has 2 aliphatic heterocycles. The first kappa shape index (κ1) is 15.9. The number of amides is 2. The molecule has 2 N–H and O–H groups in total. The SMILES string of the molecule is O=C(Nc1cc2c([nH]c1=O)CCCC2)N1CCC2CCC(C1)S2=O. The van der Waals surface area contributed by atoms with Crippen LogP contribution >= 0.6 is 0 Å². The van der Waals surface area contributed by atoms with Crippen LogP contribution in [0.5, 0.6) is 0 Å². The van der Waals surface area contributed by atoms with E-state index in [2.05, 4.69) is 10.3 Å². The zero-order valence-electron chi connectivity index (χ0n) is 13.7. The van der Waals surface area contributed by atoms with Gasteiger partial charge in [0.1, 0.15) is 5.69 Å². The van der Waals surface area contributed by atoms with Gasteiger partial charge in [-0.1, -0.05) is 0 Å². The molecule has 6 nitrogen and oxygen atoms in total. The lowest BCUT2D eigenvalue weighted by atomic mass is 9.96. The summed E-state index contributed by atoms with van der Waals surface area (Å²) in [5.41, 5.74) is 2.24. The van der Waals surface area contributed by atoms with Crippen LogP contribution in [0, 0.1) is 0 Å². The number of anilines is 1. The van der Waals surface area contributed by atoms with Crippen LogP contribution in [0.15, 0.2) is 10.9 Å². The maximum atomic E-state index is 12.6. The quantitative estimate of drug-likeness (QED) is 0.811. The summed E-state index contributed by atoms with van der Waals surface area (Å²) in [6, 6.07) is 1.58. The van der Waals surface area contributed by atoms with Crippen molar-refractivity contribution >= 4 is 22.5 Å². The lowest BCUT2D eigenvalue weighted by molar-refractivity contribution is 0.209. The molecule has 0 aromatic carbocycles. The second-order valence-electron chi connectivity index (χ2n) is 7.04. The molecule has 1 aromatic heterocycles. The van der Waals surface area contributed by atoms with Gasteiger partial charge in [0.2, 0.25) is 0 Å². The van der Waals surface area contributed by atoms with E-state index in [-0.39, 0.29) is 22.1 Å². The minimum Gasteiger partial charge on any atom is -0.324 e.